The van der Waals surface area contributed by atoms with E-state index in [1.807, 2.05) is 0 Å². The van der Waals surface area contributed by atoms with Crippen LogP contribution in [0.2, 0.25) is 0 Å². The van der Waals surface area contributed by atoms with Crippen molar-refractivity contribution in [3.63, 3.8) is 0 Å². The molecule has 1 aliphatic heterocycles. The number of ether oxygens (including phenoxy) is 2. The fourth-order valence-corrected chi connectivity index (χ4v) is 4.54. The number of hydrogen-bond acceptors (Lipinski definition) is 6. The Morgan fingerprint density at radius 1 is 1.28 bits per heavy atom. The molecule has 1 heterocycles. The van der Waals surface area contributed by atoms with E-state index in [2.05, 4.69) is 14.8 Å². The lowest BCUT2D eigenvalue weighted by atomic mass is 9.80. The van der Waals surface area contributed by atoms with Crippen LogP contribution in [0.15, 0.2) is 23.1 Å². The zero-order valence-corrected chi connectivity index (χ0v) is 15.7. The molecule has 140 valence electrons. The highest BCUT2D eigenvalue weighted by molar-refractivity contribution is 7.89. The molecule has 1 saturated heterocycles. The van der Waals surface area contributed by atoms with Crippen molar-refractivity contribution in [2.45, 2.75) is 24.7 Å². The first-order chi connectivity index (χ1) is 11.8. The van der Waals surface area contributed by atoms with E-state index in [9.17, 15) is 13.2 Å². The van der Waals surface area contributed by atoms with Crippen LogP contribution in [0.25, 0.3) is 0 Å². The van der Waals surface area contributed by atoms with Crippen LogP contribution in [0.4, 0.5) is 0 Å². The molecule has 0 saturated carbocycles. The molecule has 0 bridgehead atoms. The largest absolute Gasteiger partial charge is 0.465 e. The lowest BCUT2D eigenvalue weighted by molar-refractivity contribution is 0.0577. The number of piperidine rings is 1. The highest BCUT2D eigenvalue weighted by Gasteiger charge is 2.33. The summed E-state index contributed by atoms with van der Waals surface area (Å²) in [5.74, 6) is -0.492. The number of benzene rings is 1. The monoisotopic (exact) mass is 370 g/mol. The molecule has 1 fully saturated rings. The maximum absolute atomic E-state index is 12.7. The molecule has 0 spiro atoms. The first kappa shape index (κ1) is 19.8. The summed E-state index contributed by atoms with van der Waals surface area (Å²) >= 11 is 0. The fraction of sp³-hybridized carbons (Fsp3) is 0.588. The fourth-order valence-electron chi connectivity index (χ4n) is 3.16. The third-order valence-corrected chi connectivity index (χ3v) is 6.20. The second kappa shape index (κ2) is 8.27. The summed E-state index contributed by atoms with van der Waals surface area (Å²) in [4.78, 5) is 11.7. The number of hydrogen-bond donors (Lipinski definition) is 2. The topological polar surface area (TPSA) is 93.7 Å². The zero-order valence-electron chi connectivity index (χ0n) is 14.9. The van der Waals surface area contributed by atoms with Gasteiger partial charge >= 0.3 is 5.97 Å². The minimum absolute atomic E-state index is 0.168. The van der Waals surface area contributed by atoms with E-state index in [1.54, 1.807) is 14.0 Å². The number of carbonyl (C=O) groups excluding carboxylic acids is 1. The van der Waals surface area contributed by atoms with Crippen molar-refractivity contribution >= 4 is 16.0 Å². The van der Waals surface area contributed by atoms with Crippen LogP contribution in [0.1, 0.15) is 28.8 Å². The van der Waals surface area contributed by atoms with E-state index < -0.39 is 16.0 Å². The van der Waals surface area contributed by atoms with Crippen molar-refractivity contribution in [2.24, 2.45) is 5.41 Å². The van der Waals surface area contributed by atoms with Gasteiger partial charge in [0.1, 0.15) is 0 Å². The standard InChI is InChI=1S/C17H26N2O5S/c1-13-10-14(16(20)24-3)4-5-15(13)25(21,22)19-11-17(12-23-2)6-8-18-9-7-17/h4-5,10,18-19H,6-9,11-12H2,1-3H3. The van der Waals surface area contributed by atoms with Gasteiger partial charge in [0.15, 0.2) is 0 Å². The van der Waals surface area contributed by atoms with Crippen molar-refractivity contribution < 1.29 is 22.7 Å². The number of carbonyl (C=O) groups is 1. The predicted molar refractivity (Wildman–Crippen MR) is 94.1 cm³/mol. The Bertz CT molecular complexity index is 706. The lowest BCUT2D eigenvalue weighted by Crippen LogP contribution is -2.47. The predicted octanol–water partition coefficient (Wildman–Crippen LogP) is 1.08. The van der Waals surface area contributed by atoms with Crippen LogP contribution in [0, 0.1) is 12.3 Å². The summed E-state index contributed by atoms with van der Waals surface area (Å²) < 4.78 is 38.1. The molecule has 2 rings (SSSR count). The smallest absolute Gasteiger partial charge is 0.337 e. The average molecular weight is 370 g/mol. The van der Waals surface area contributed by atoms with E-state index in [-0.39, 0.29) is 10.3 Å². The van der Waals surface area contributed by atoms with E-state index in [0.29, 0.717) is 24.3 Å². The summed E-state index contributed by atoms with van der Waals surface area (Å²) in [7, 11) is -0.751. The van der Waals surface area contributed by atoms with Gasteiger partial charge in [-0.05, 0) is 56.6 Å². The van der Waals surface area contributed by atoms with E-state index in [4.69, 9.17) is 4.74 Å². The van der Waals surface area contributed by atoms with Gasteiger partial charge in [-0.2, -0.15) is 0 Å². The lowest BCUT2D eigenvalue weighted by Gasteiger charge is -2.37. The molecule has 0 aliphatic carbocycles. The quantitative estimate of drug-likeness (QED) is 0.698. The molecule has 1 aromatic carbocycles. The van der Waals surface area contributed by atoms with Gasteiger partial charge in [-0.3, -0.25) is 0 Å². The molecule has 25 heavy (non-hydrogen) atoms. The zero-order chi connectivity index (χ0) is 18.5. The highest BCUT2D eigenvalue weighted by Crippen LogP contribution is 2.29. The van der Waals surface area contributed by atoms with Gasteiger partial charge in [-0.25, -0.2) is 17.9 Å². The molecule has 1 aromatic rings. The summed E-state index contributed by atoms with van der Waals surface area (Å²) in [6.07, 6.45) is 1.70. The first-order valence-corrected chi connectivity index (χ1v) is 9.70. The van der Waals surface area contributed by atoms with Crippen molar-refractivity contribution in [1.29, 1.82) is 0 Å². The van der Waals surface area contributed by atoms with Gasteiger partial charge in [0.2, 0.25) is 10.0 Å². The van der Waals surface area contributed by atoms with Gasteiger partial charge in [0.25, 0.3) is 0 Å². The molecule has 0 atom stereocenters. The molecule has 0 radical (unpaired) electrons. The molecular weight excluding hydrogens is 344 g/mol. The number of sulfonamides is 1. The molecular formula is C17H26N2O5S. The van der Waals surface area contributed by atoms with Crippen LogP contribution >= 0.6 is 0 Å². The minimum atomic E-state index is -3.67. The molecule has 7 nitrogen and oxygen atoms in total. The van der Waals surface area contributed by atoms with E-state index >= 15 is 0 Å². The third-order valence-electron chi connectivity index (χ3n) is 4.64. The van der Waals surface area contributed by atoms with Gasteiger partial charge in [-0.15, -0.1) is 0 Å². The van der Waals surface area contributed by atoms with Crippen LogP contribution in [0.3, 0.4) is 0 Å². The van der Waals surface area contributed by atoms with Crippen molar-refractivity contribution in [3.8, 4) is 0 Å². The van der Waals surface area contributed by atoms with Crippen molar-refractivity contribution in [2.75, 3.05) is 40.5 Å². The SMILES string of the molecule is COCC1(CNS(=O)(=O)c2ccc(C(=O)OC)cc2C)CCNCC1. The third kappa shape index (κ3) is 4.78. The Balaban J connectivity index is 2.17. The Kier molecular flexibility index (Phi) is 6.56. The Hall–Kier alpha value is -1.48. The summed E-state index contributed by atoms with van der Waals surface area (Å²) in [5.41, 5.74) is 0.627. The number of nitrogens with one attached hydrogen (secondary N) is 2. The number of methoxy groups -OCH3 is 2. The summed E-state index contributed by atoms with van der Waals surface area (Å²) in [5, 5.41) is 3.28. The van der Waals surface area contributed by atoms with Gasteiger partial charge in [-0.1, -0.05) is 0 Å². The summed E-state index contributed by atoms with van der Waals surface area (Å²) in [6.45, 7) is 4.19. The molecule has 8 heteroatoms. The van der Waals surface area contributed by atoms with E-state index in [0.717, 1.165) is 25.9 Å². The number of esters is 1. The van der Waals surface area contributed by atoms with Crippen LogP contribution in [-0.2, 0) is 19.5 Å². The van der Waals surface area contributed by atoms with Crippen LogP contribution in [-0.4, -0.2) is 54.8 Å². The maximum Gasteiger partial charge on any atom is 0.337 e. The molecule has 0 amide bonds. The van der Waals surface area contributed by atoms with Crippen molar-refractivity contribution in [1.82, 2.24) is 10.0 Å². The van der Waals surface area contributed by atoms with Gasteiger partial charge in [0, 0.05) is 19.1 Å². The Morgan fingerprint density at radius 2 is 1.96 bits per heavy atom. The second-order valence-corrected chi connectivity index (χ2v) is 8.21. The summed E-state index contributed by atoms with van der Waals surface area (Å²) in [6, 6.07) is 4.42. The number of aryl methyl sites for hydroxylation is 1. The highest BCUT2D eigenvalue weighted by atomic mass is 32.2. The second-order valence-electron chi connectivity index (χ2n) is 6.48. The average Bonchev–Trinajstić information content (AvgIpc) is 2.60. The molecule has 0 unspecified atom stereocenters. The maximum atomic E-state index is 12.7. The Labute approximate surface area is 149 Å². The van der Waals surface area contributed by atoms with E-state index in [1.165, 1.54) is 25.3 Å². The first-order valence-electron chi connectivity index (χ1n) is 8.22. The molecule has 2 N–H and O–H groups in total. The van der Waals surface area contributed by atoms with Crippen LogP contribution in [0.5, 0.6) is 0 Å². The van der Waals surface area contributed by atoms with Gasteiger partial charge < -0.3 is 14.8 Å². The minimum Gasteiger partial charge on any atom is -0.465 e. The molecule has 1 aliphatic rings. The molecule has 0 aromatic heterocycles. The Morgan fingerprint density at radius 3 is 2.52 bits per heavy atom. The van der Waals surface area contributed by atoms with Crippen LogP contribution < -0.4 is 10.0 Å². The van der Waals surface area contributed by atoms with Gasteiger partial charge in [0.05, 0.1) is 24.2 Å². The normalized spacial score (nSPS) is 17.2. The number of rotatable bonds is 7. The van der Waals surface area contributed by atoms with Crippen molar-refractivity contribution in [3.05, 3.63) is 29.3 Å².